The third-order valence-electron chi connectivity index (χ3n) is 2.67. The van der Waals surface area contributed by atoms with Crippen LogP contribution in [0.5, 0.6) is 0 Å². The van der Waals surface area contributed by atoms with Gasteiger partial charge in [-0.3, -0.25) is 0 Å². The molecule has 0 radical (unpaired) electrons. The SMILES string of the molecule is C[N+]1(CCOCCOCCN)CC=CC1. The summed E-state index contributed by atoms with van der Waals surface area (Å²) in [7, 11) is 2.26. The monoisotopic (exact) mass is 215 g/mol. The number of hydrogen-bond donors (Lipinski definition) is 1. The number of hydrogen-bond acceptors (Lipinski definition) is 3. The molecule has 1 aliphatic rings. The van der Waals surface area contributed by atoms with Gasteiger partial charge in [0.2, 0.25) is 0 Å². The van der Waals surface area contributed by atoms with Gasteiger partial charge in [-0.25, -0.2) is 0 Å². The van der Waals surface area contributed by atoms with Crippen molar-refractivity contribution in [2.75, 3.05) is 59.7 Å². The van der Waals surface area contributed by atoms with Crippen molar-refractivity contribution >= 4 is 0 Å². The third-order valence-corrected chi connectivity index (χ3v) is 2.67. The van der Waals surface area contributed by atoms with E-state index >= 15 is 0 Å². The van der Waals surface area contributed by atoms with E-state index in [0.717, 1.165) is 30.7 Å². The van der Waals surface area contributed by atoms with Gasteiger partial charge in [0.15, 0.2) is 0 Å². The van der Waals surface area contributed by atoms with Crippen LogP contribution in [0.15, 0.2) is 12.2 Å². The summed E-state index contributed by atoms with van der Waals surface area (Å²) in [5.74, 6) is 0. The van der Waals surface area contributed by atoms with Gasteiger partial charge in [-0.1, -0.05) is 0 Å². The van der Waals surface area contributed by atoms with Gasteiger partial charge in [-0.05, 0) is 12.2 Å². The van der Waals surface area contributed by atoms with Crippen LogP contribution in [0.4, 0.5) is 0 Å². The highest BCUT2D eigenvalue weighted by Crippen LogP contribution is 2.08. The molecule has 1 rings (SSSR count). The van der Waals surface area contributed by atoms with Gasteiger partial charge >= 0.3 is 0 Å². The predicted molar refractivity (Wildman–Crippen MR) is 60.6 cm³/mol. The topological polar surface area (TPSA) is 44.5 Å². The summed E-state index contributed by atoms with van der Waals surface area (Å²) in [5, 5.41) is 0. The minimum Gasteiger partial charge on any atom is -0.378 e. The van der Waals surface area contributed by atoms with Gasteiger partial charge in [0, 0.05) is 6.54 Å². The molecule has 4 nitrogen and oxygen atoms in total. The maximum atomic E-state index is 5.50. The summed E-state index contributed by atoms with van der Waals surface area (Å²) in [6.45, 7) is 6.68. The second kappa shape index (κ2) is 6.95. The maximum Gasteiger partial charge on any atom is 0.103 e. The standard InChI is InChI=1S/C11H23N2O2/c1-13(5-2-3-6-13)7-9-15-11-10-14-8-4-12/h2-3H,4-12H2,1H3/q+1. The molecular formula is C11H23N2O2+. The van der Waals surface area contributed by atoms with Crippen LogP contribution in [-0.4, -0.2) is 64.1 Å². The molecule has 0 aromatic carbocycles. The first-order chi connectivity index (χ1) is 7.27. The van der Waals surface area contributed by atoms with Gasteiger partial charge < -0.3 is 19.7 Å². The first-order valence-electron chi connectivity index (χ1n) is 5.61. The number of ether oxygens (including phenoxy) is 2. The molecule has 0 saturated heterocycles. The Morgan fingerprint density at radius 2 is 1.67 bits per heavy atom. The number of nitrogens with two attached hydrogens (primary N) is 1. The van der Waals surface area contributed by atoms with Crippen LogP contribution < -0.4 is 5.73 Å². The second-order valence-electron chi connectivity index (χ2n) is 4.19. The highest BCUT2D eigenvalue weighted by molar-refractivity contribution is 4.87. The lowest BCUT2D eigenvalue weighted by molar-refractivity contribution is -0.894. The molecule has 88 valence electrons. The zero-order chi connectivity index (χ0) is 11.0. The Balaban J connectivity index is 1.88. The Kier molecular flexibility index (Phi) is 5.86. The van der Waals surface area contributed by atoms with Crippen molar-refractivity contribution in [3.8, 4) is 0 Å². The first-order valence-corrected chi connectivity index (χ1v) is 5.61. The smallest absolute Gasteiger partial charge is 0.103 e. The van der Waals surface area contributed by atoms with E-state index in [2.05, 4.69) is 19.2 Å². The van der Waals surface area contributed by atoms with Crippen LogP contribution in [0.2, 0.25) is 0 Å². The maximum absolute atomic E-state index is 5.50. The number of quaternary nitrogens is 1. The van der Waals surface area contributed by atoms with E-state index in [9.17, 15) is 0 Å². The second-order valence-corrected chi connectivity index (χ2v) is 4.19. The third kappa shape index (κ3) is 5.28. The molecule has 1 heterocycles. The van der Waals surface area contributed by atoms with Crippen molar-refractivity contribution in [2.45, 2.75) is 0 Å². The van der Waals surface area contributed by atoms with Gasteiger partial charge in [0.25, 0.3) is 0 Å². The van der Waals surface area contributed by atoms with Crippen LogP contribution in [0.1, 0.15) is 0 Å². The molecule has 0 unspecified atom stereocenters. The van der Waals surface area contributed by atoms with Crippen molar-refractivity contribution in [1.29, 1.82) is 0 Å². The summed E-state index contributed by atoms with van der Waals surface area (Å²) in [4.78, 5) is 0. The van der Waals surface area contributed by atoms with Gasteiger partial charge in [0.1, 0.15) is 6.54 Å². The van der Waals surface area contributed by atoms with E-state index in [1.54, 1.807) is 0 Å². The predicted octanol–water partition coefficient (Wildman–Crippen LogP) is -0.00530. The summed E-state index contributed by atoms with van der Waals surface area (Å²) in [6.07, 6.45) is 4.48. The molecule has 0 fully saturated rings. The number of nitrogens with zero attached hydrogens (tertiary/aromatic N) is 1. The Morgan fingerprint density at radius 1 is 1.07 bits per heavy atom. The molecule has 15 heavy (non-hydrogen) atoms. The Bertz CT molecular complexity index is 187. The molecule has 2 N–H and O–H groups in total. The van der Waals surface area contributed by atoms with E-state index in [4.69, 9.17) is 15.2 Å². The number of likely N-dealkylation sites (N-methyl/N-ethyl adjacent to an activating group) is 1. The van der Waals surface area contributed by atoms with Crippen LogP contribution in [0.3, 0.4) is 0 Å². The summed E-state index contributed by atoms with van der Waals surface area (Å²) < 4.78 is 11.8. The van der Waals surface area contributed by atoms with E-state index in [-0.39, 0.29) is 0 Å². The fraction of sp³-hybridized carbons (Fsp3) is 0.818. The summed E-state index contributed by atoms with van der Waals surface area (Å²) in [5.41, 5.74) is 5.29. The normalized spacial score (nSPS) is 18.5. The van der Waals surface area contributed by atoms with Crippen molar-refractivity contribution in [1.82, 2.24) is 0 Å². The molecule has 1 aliphatic heterocycles. The summed E-state index contributed by atoms with van der Waals surface area (Å²) in [6, 6.07) is 0. The highest BCUT2D eigenvalue weighted by Gasteiger charge is 2.21. The van der Waals surface area contributed by atoms with Gasteiger partial charge in [-0.15, -0.1) is 0 Å². The van der Waals surface area contributed by atoms with Crippen molar-refractivity contribution < 1.29 is 14.0 Å². The lowest BCUT2D eigenvalue weighted by atomic mass is 10.4. The van der Waals surface area contributed by atoms with Crippen LogP contribution in [-0.2, 0) is 9.47 Å². The van der Waals surface area contributed by atoms with E-state index < -0.39 is 0 Å². The quantitative estimate of drug-likeness (QED) is 0.352. The molecule has 0 aliphatic carbocycles. The Hall–Kier alpha value is -0.420. The van der Waals surface area contributed by atoms with E-state index in [0.29, 0.717) is 26.4 Å². The molecule has 4 heteroatoms. The van der Waals surface area contributed by atoms with Gasteiger partial charge in [-0.2, -0.15) is 0 Å². The lowest BCUT2D eigenvalue weighted by Gasteiger charge is -2.28. The lowest BCUT2D eigenvalue weighted by Crippen LogP contribution is -2.44. The largest absolute Gasteiger partial charge is 0.378 e. The summed E-state index contributed by atoms with van der Waals surface area (Å²) >= 11 is 0. The van der Waals surface area contributed by atoms with E-state index in [1.807, 2.05) is 0 Å². The molecule has 0 spiro atoms. The molecule has 0 aromatic rings. The Labute approximate surface area is 92.2 Å². The van der Waals surface area contributed by atoms with Gasteiger partial charge in [0.05, 0.1) is 46.6 Å². The molecule has 0 aromatic heterocycles. The highest BCUT2D eigenvalue weighted by atomic mass is 16.5. The molecular weight excluding hydrogens is 192 g/mol. The minimum atomic E-state index is 0.584. The minimum absolute atomic E-state index is 0.584. The fourth-order valence-electron chi connectivity index (χ4n) is 1.61. The van der Waals surface area contributed by atoms with Crippen LogP contribution in [0.25, 0.3) is 0 Å². The molecule has 0 atom stereocenters. The van der Waals surface area contributed by atoms with Crippen molar-refractivity contribution in [3.05, 3.63) is 12.2 Å². The zero-order valence-electron chi connectivity index (χ0n) is 9.65. The average molecular weight is 215 g/mol. The molecule has 0 saturated carbocycles. The molecule has 0 amide bonds. The van der Waals surface area contributed by atoms with Crippen molar-refractivity contribution in [3.63, 3.8) is 0 Å². The number of rotatable bonds is 8. The van der Waals surface area contributed by atoms with E-state index in [1.165, 1.54) is 0 Å². The van der Waals surface area contributed by atoms with Crippen LogP contribution in [0, 0.1) is 0 Å². The Morgan fingerprint density at radius 3 is 2.27 bits per heavy atom. The zero-order valence-corrected chi connectivity index (χ0v) is 9.65. The molecule has 0 bridgehead atoms. The van der Waals surface area contributed by atoms with Crippen molar-refractivity contribution in [2.24, 2.45) is 5.73 Å². The first kappa shape index (κ1) is 12.6. The fourth-order valence-corrected chi connectivity index (χ4v) is 1.61. The van der Waals surface area contributed by atoms with Crippen LogP contribution >= 0.6 is 0 Å². The average Bonchev–Trinajstić information content (AvgIpc) is 2.64.